The Morgan fingerprint density at radius 1 is 0.571 bits per heavy atom. The fourth-order valence-electron chi connectivity index (χ4n) is 10.8. The number of halogens is 8. The van der Waals surface area contributed by atoms with Crippen LogP contribution in [0.3, 0.4) is 0 Å². The van der Waals surface area contributed by atoms with E-state index in [0.717, 1.165) is 24.3 Å². The third-order valence-electron chi connectivity index (χ3n) is 14.9. The van der Waals surface area contributed by atoms with E-state index in [2.05, 4.69) is 39.9 Å². The van der Waals surface area contributed by atoms with Gasteiger partial charge in [0.25, 0.3) is 12.9 Å². The summed E-state index contributed by atoms with van der Waals surface area (Å²) in [5.41, 5.74) is 23.9. The van der Waals surface area contributed by atoms with E-state index < -0.39 is 84.2 Å². The summed E-state index contributed by atoms with van der Waals surface area (Å²) in [6.07, 6.45) is -4.76. The number of imidazole rings is 2. The largest absolute Gasteiger partial charge is 0.494 e. The molecule has 2 aromatic carbocycles. The van der Waals surface area contributed by atoms with Crippen molar-refractivity contribution in [2.75, 3.05) is 61.7 Å². The molecule has 442 valence electrons. The highest BCUT2D eigenvalue weighted by molar-refractivity contribution is 5.82. The average molecular weight is 1180 g/mol. The highest BCUT2D eigenvalue weighted by atomic mass is 19.3. The summed E-state index contributed by atoms with van der Waals surface area (Å²) in [6, 6.07) is 6.53. The summed E-state index contributed by atoms with van der Waals surface area (Å²) in [6.45, 7) is -0.311. The minimum atomic E-state index is -3.36. The van der Waals surface area contributed by atoms with Crippen molar-refractivity contribution >= 4 is 57.3 Å². The molecular formula is C54H54F8N16O6. The minimum Gasteiger partial charge on any atom is -0.494 e. The van der Waals surface area contributed by atoms with Crippen molar-refractivity contribution in [1.82, 2.24) is 49.0 Å². The number of fused-ring (bicyclic) bond motifs is 2. The number of nitrogens with two attached hydrogens (primary N) is 4. The number of piperidine rings is 2. The molecule has 8 N–H and O–H groups in total. The number of carbonyl (C=O) groups excluding carboxylic acids is 2. The fourth-order valence-corrected chi connectivity index (χ4v) is 10.8. The molecule has 2 saturated heterocycles. The van der Waals surface area contributed by atoms with Gasteiger partial charge >= 0.3 is 11.9 Å². The first-order chi connectivity index (χ1) is 40.2. The zero-order valence-corrected chi connectivity index (χ0v) is 44.9. The molecule has 84 heavy (non-hydrogen) atoms. The lowest BCUT2D eigenvalue weighted by atomic mass is 9.84. The zero-order chi connectivity index (χ0) is 59.8. The normalized spacial score (nSPS) is 18.2. The Kier molecular flexibility index (Phi) is 16.4. The van der Waals surface area contributed by atoms with Crippen molar-refractivity contribution in [2.24, 2.45) is 11.5 Å². The van der Waals surface area contributed by atoms with Crippen LogP contribution in [0.1, 0.15) is 49.7 Å². The molecule has 0 saturated carbocycles. The number of alkyl halides is 4. The Morgan fingerprint density at radius 2 is 0.976 bits per heavy atom. The van der Waals surface area contributed by atoms with E-state index in [1.54, 1.807) is 18.9 Å². The number of benzene rings is 2. The molecule has 0 bridgehead atoms. The topological polar surface area (TPSA) is 295 Å². The number of hydrogen-bond acceptors (Lipinski definition) is 20. The molecule has 0 aliphatic carbocycles. The minimum absolute atomic E-state index is 0.000930. The van der Waals surface area contributed by atoms with Gasteiger partial charge in [-0.05, 0) is 61.1 Å². The first-order valence-electron chi connectivity index (χ1n) is 26.1. The van der Waals surface area contributed by atoms with Crippen LogP contribution in [-0.2, 0) is 32.2 Å². The van der Waals surface area contributed by atoms with E-state index in [9.17, 15) is 18.4 Å². The van der Waals surface area contributed by atoms with Gasteiger partial charge in [-0.25, -0.2) is 65.0 Å². The summed E-state index contributed by atoms with van der Waals surface area (Å²) in [4.78, 5) is 64.1. The molecule has 22 nitrogen and oxygen atoms in total. The number of nitrogen functional groups attached to an aromatic ring is 2. The summed E-state index contributed by atoms with van der Waals surface area (Å²) in [5.74, 6) is -6.55. The highest BCUT2D eigenvalue weighted by Crippen LogP contribution is 2.39. The number of nitrogens with zero attached hydrogens (tertiary/aromatic N) is 12. The number of methoxy groups -OCH3 is 2. The second-order valence-corrected chi connectivity index (χ2v) is 20.4. The van der Waals surface area contributed by atoms with Crippen LogP contribution < -0.4 is 42.2 Å². The van der Waals surface area contributed by atoms with Crippen molar-refractivity contribution in [3.8, 4) is 34.0 Å². The van der Waals surface area contributed by atoms with Gasteiger partial charge in [0.1, 0.15) is 35.3 Å². The molecule has 4 atom stereocenters. The molecule has 10 rings (SSSR count). The zero-order valence-electron chi connectivity index (χ0n) is 44.9. The third kappa shape index (κ3) is 11.7. The van der Waals surface area contributed by atoms with Gasteiger partial charge in [-0.3, -0.25) is 19.6 Å². The molecule has 6 aromatic heterocycles. The molecule has 0 unspecified atom stereocenters. The molecule has 2 fully saturated rings. The first kappa shape index (κ1) is 58.1. The van der Waals surface area contributed by atoms with E-state index in [4.69, 9.17) is 41.9 Å². The van der Waals surface area contributed by atoms with Crippen molar-refractivity contribution in [3.63, 3.8) is 0 Å². The molecule has 30 heteroatoms. The number of aromatic nitrogens is 10. The van der Waals surface area contributed by atoms with Crippen molar-refractivity contribution < 1.29 is 63.7 Å². The summed E-state index contributed by atoms with van der Waals surface area (Å²) in [5, 5.41) is 0. The SMILES string of the molecule is COc1cc(F)c(-c2cc(Cn3cnc4c(N)ncnc43)c(N3CCC[C@](N)([C@H](OC(=O)CCC(=O)O[C@H](C(F)F)[C@@]4(N)CCCN(c5cnc(-c6cc(F)c(OC)cc6F)cc5Cn5cnc6c(N)ncnc65)C4)C(F)F)C3)cn2)cc1F. The number of anilines is 4. The van der Waals surface area contributed by atoms with Gasteiger partial charge in [0.15, 0.2) is 58.3 Å². The van der Waals surface area contributed by atoms with E-state index >= 15 is 26.3 Å². The van der Waals surface area contributed by atoms with E-state index in [0.29, 0.717) is 33.8 Å². The quantitative estimate of drug-likeness (QED) is 0.0506. The number of ether oxygens (including phenoxy) is 4. The Morgan fingerprint density at radius 3 is 1.36 bits per heavy atom. The van der Waals surface area contributed by atoms with Crippen LogP contribution in [0.2, 0.25) is 0 Å². The lowest BCUT2D eigenvalue weighted by Crippen LogP contribution is -2.64. The van der Waals surface area contributed by atoms with Crippen molar-refractivity contribution in [3.05, 3.63) is 108 Å². The maximum atomic E-state index is 15.4. The number of carbonyl (C=O) groups is 2. The van der Waals surface area contributed by atoms with Crippen LogP contribution in [0.15, 0.2) is 74.1 Å². The Balaban J connectivity index is 0.840. The first-order valence-corrected chi connectivity index (χ1v) is 26.1. The van der Waals surface area contributed by atoms with Crippen molar-refractivity contribution in [1.29, 1.82) is 0 Å². The van der Waals surface area contributed by atoms with Crippen LogP contribution in [0, 0.1) is 23.3 Å². The molecule has 8 heterocycles. The maximum Gasteiger partial charge on any atom is 0.306 e. The highest BCUT2D eigenvalue weighted by Gasteiger charge is 2.49. The fraction of sp³-hybridized carbons (Fsp3) is 0.370. The van der Waals surface area contributed by atoms with Crippen molar-refractivity contribution in [2.45, 2.75) is 87.8 Å². The number of esters is 2. The van der Waals surface area contributed by atoms with Gasteiger partial charge in [-0.2, -0.15) is 0 Å². The molecule has 2 aliphatic heterocycles. The van der Waals surface area contributed by atoms with Gasteiger partial charge in [0, 0.05) is 49.4 Å². The number of rotatable bonds is 19. The van der Waals surface area contributed by atoms with Crippen LogP contribution in [-0.4, -0.2) is 137 Å². The molecule has 0 spiro atoms. The Labute approximate surface area is 472 Å². The van der Waals surface area contributed by atoms with E-state index in [-0.39, 0.29) is 122 Å². The van der Waals surface area contributed by atoms with Crippen LogP contribution in [0.5, 0.6) is 11.5 Å². The van der Waals surface area contributed by atoms with E-state index in [1.807, 2.05) is 0 Å². The maximum absolute atomic E-state index is 15.4. The summed E-state index contributed by atoms with van der Waals surface area (Å²) >= 11 is 0. The van der Waals surface area contributed by atoms with E-state index in [1.165, 1.54) is 64.1 Å². The smallest absolute Gasteiger partial charge is 0.306 e. The molecule has 0 amide bonds. The second-order valence-electron chi connectivity index (χ2n) is 20.4. The number of pyridine rings is 2. The van der Waals surface area contributed by atoms with Crippen LogP contribution >= 0.6 is 0 Å². The Bertz CT molecular complexity index is 3540. The monoisotopic (exact) mass is 1170 g/mol. The second kappa shape index (κ2) is 23.7. The lowest BCUT2D eigenvalue weighted by molar-refractivity contribution is -0.171. The standard InChI is InChI=1S/C54H54F8N16O6/c1-81-39-15-31(55)29(13-33(39)57)35-11-27(19-77-25-73-43-49(63)69-23-71-51(43)77)37(17-67-35)75-9-3-7-53(65,21-75)45(47(59)60)83-41(79)5-6-42(80)84-46(48(61)62)54(66)8-4-10-76(22-54)38-18-68-36(30-14-34(58)40(82-2)16-32(30)56)12-28(38)20-78-26-74-44-50(64)70-24-72-52(44)78/h11-18,23-26,45-48H,3-10,19-22,65-66H2,1-2H3,(H2,63,69,71)(H2,64,70,72)/t45-,46-,53-,54-/m1/s1. The van der Waals surface area contributed by atoms with Gasteiger partial charge < -0.3 is 60.8 Å². The number of hydrogen-bond donors (Lipinski definition) is 4. The lowest BCUT2D eigenvalue weighted by Gasteiger charge is -2.45. The molecule has 0 radical (unpaired) electrons. The van der Waals surface area contributed by atoms with Gasteiger partial charge in [0.2, 0.25) is 0 Å². The van der Waals surface area contributed by atoms with Crippen LogP contribution in [0.25, 0.3) is 44.8 Å². The predicted molar refractivity (Wildman–Crippen MR) is 288 cm³/mol. The van der Waals surface area contributed by atoms with Gasteiger partial charge in [-0.15, -0.1) is 0 Å². The summed E-state index contributed by atoms with van der Waals surface area (Å²) < 4.78 is 145. The van der Waals surface area contributed by atoms with Crippen LogP contribution in [0.4, 0.5) is 58.1 Å². The predicted octanol–water partition coefficient (Wildman–Crippen LogP) is 6.35. The molecule has 2 aliphatic rings. The average Bonchev–Trinajstić information content (AvgIpc) is 3.49. The van der Waals surface area contributed by atoms with Gasteiger partial charge in [-0.1, -0.05) is 0 Å². The Hall–Kier alpha value is -9.06. The van der Waals surface area contributed by atoms with Gasteiger partial charge in [0.05, 0.1) is 99.0 Å². The molecule has 8 aromatic rings. The summed E-state index contributed by atoms with van der Waals surface area (Å²) in [7, 11) is 2.36. The third-order valence-corrected chi connectivity index (χ3v) is 14.9. The molecular weight excluding hydrogens is 1120 g/mol.